The summed E-state index contributed by atoms with van der Waals surface area (Å²) in [6.07, 6.45) is 3.85. The first kappa shape index (κ1) is 21.5. The Morgan fingerprint density at radius 2 is 1.86 bits per heavy atom. The van der Waals surface area contributed by atoms with E-state index in [2.05, 4.69) is 17.9 Å². The minimum absolute atomic E-state index is 0. The number of likely N-dealkylation sites (tertiary alicyclic amines) is 1. The van der Waals surface area contributed by atoms with E-state index in [4.69, 9.17) is 9.72 Å². The second kappa shape index (κ2) is 9.06. The lowest BCUT2D eigenvalue weighted by Gasteiger charge is -2.32. The minimum Gasteiger partial charge on any atom is -0.496 e. The van der Waals surface area contributed by atoms with Crippen LogP contribution >= 0.6 is 12.4 Å². The first-order valence-electron chi connectivity index (χ1n) is 9.64. The molecule has 3 aromatic rings. The summed E-state index contributed by atoms with van der Waals surface area (Å²) in [5.74, 6) is 0.529. The van der Waals surface area contributed by atoms with Crippen molar-refractivity contribution in [2.45, 2.75) is 32.2 Å². The molecular formula is C23H25ClF2N2O. The van der Waals surface area contributed by atoms with Crippen LogP contribution in [-0.2, 0) is 6.54 Å². The molecule has 0 N–H and O–H groups in total. The Hall–Kier alpha value is -2.24. The molecule has 0 amide bonds. The third-order valence-electron chi connectivity index (χ3n) is 5.77. The molecular weight excluding hydrogens is 394 g/mol. The van der Waals surface area contributed by atoms with Crippen LogP contribution in [0.25, 0.3) is 10.8 Å². The standard InChI is InChI=1S/C23H24F2N2O.ClH/c1-15-20-12-22(26-13-17(20)3-6-23(15)28-2)16-7-9-27(10-8-16)14-18-11-19(24)4-5-21(18)25;/h3-6,11-13,16H,7-10,14H2,1-2H3;1H. The van der Waals surface area contributed by atoms with Crippen molar-refractivity contribution in [2.24, 2.45) is 0 Å². The molecule has 154 valence electrons. The van der Waals surface area contributed by atoms with Gasteiger partial charge >= 0.3 is 0 Å². The molecule has 0 unspecified atom stereocenters. The summed E-state index contributed by atoms with van der Waals surface area (Å²) in [7, 11) is 1.69. The van der Waals surface area contributed by atoms with E-state index < -0.39 is 5.82 Å². The quantitative estimate of drug-likeness (QED) is 0.549. The highest BCUT2D eigenvalue weighted by atomic mass is 35.5. The van der Waals surface area contributed by atoms with E-state index in [1.165, 1.54) is 17.5 Å². The highest BCUT2D eigenvalue weighted by Gasteiger charge is 2.23. The zero-order valence-electron chi connectivity index (χ0n) is 16.6. The summed E-state index contributed by atoms with van der Waals surface area (Å²) in [6, 6.07) is 9.85. The zero-order valence-corrected chi connectivity index (χ0v) is 17.4. The summed E-state index contributed by atoms with van der Waals surface area (Å²) < 4.78 is 32.7. The number of piperidine rings is 1. The van der Waals surface area contributed by atoms with Gasteiger partial charge < -0.3 is 4.74 Å². The molecule has 1 aliphatic heterocycles. The van der Waals surface area contributed by atoms with Crippen molar-refractivity contribution in [3.8, 4) is 5.75 Å². The number of benzene rings is 2. The first-order valence-corrected chi connectivity index (χ1v) is 9.64. The Morgan fingerprint density at radius 1 is 1.10 bits per heavy atom. The number of nitrogens with zero attached hydrogens (tertiary/aromatic N) is 2. The fraction of sp³-hybridized carbons (Fsp3) is 0.348. The van der Waals surface area contributed by atoms with Gasteiger partial charge in [-0.2, -0.15) is 0 Å². The second-order valence-electron chi connectivity index (χ2n) is 7.51. The summed E-state index contributed by atoms with van der Waals surface area (Å²) in [6.45, 7) is 4.20. The van der Waals surface area contributed by atoms with Gasteiger partial charge in [0, 0.05) is 35.3 Å². The van der Waals surface area contributed by atoms with Crippen molar-refractivity contribution in [1.29, 1.82) is 0 Å². The second-order valence-corrected chi connectivity index (χ2v) is 7.51. The Kier molecular flexibility index (Phi) is 6.70. The summed E-state index contributed by atoms with van der Waals surface area (Å²) >= 11 is 0. The number of methoxy groups -OCH3 is 1. The van der Waals surface area contributed by atoms with Crippen LogP contribution in [0, 0.1) is 18.6 Å². The van der Waals surface area contributed by atoms with Crippen LogP contribution in [0.15, 0.2) is 42.6 Å². The lowest BCUT2D eigenvalue weighted by atomic mass is 9.91. The minimum atomic E-state index is -0.391. The number of hydrogen-bond acceptors (Lipinski definition) is 3. The monoisotopic (exact) mass is 418 g/mol. The van der Waals surface area contributed by atoms with E-state index in [1.807, 2.05) is 18.3 Å². The Morgan fingerprint density at radius 3 is 2.59 bits per heavy atom. The number of pyridine rings is 1. The molecule has 29 heavy (non-hydrogen) atoms. The van der Waals surface area contributed by atoms with E-state index >= 15 is 0 Å². The maximum atomic E-state index is 13.9. The number of aryl methyl sites for hydroxylation is 1. The van der Waals surface area contributed by atoms with Crippen molar-refractivity contribution in [3.63, 3.8) is 0 Å². The van der Waals surface area contributed by atoms with Crippen molar-refractivity contribution in [2.75, 3.05) is 20.2 Å². The van der Waals surface area contributed by atoms with Crippen LogP contribution in [0.3, 0.4) is 0 Å². The van der Waals surface area contributed by atoms with Crippen LogP contribution in [0.1, 0.15) is 35.6 Å². The largest absolute Gasteiger partial charge is 0.496 e. The Labute approximate surface area is 176 Å². The molecule has 3 nitrogen and oxygen atoms in total. The normalized spacial score (nSPS) is 15.3. The van der Waals surface area contributed by atoms with E-state index in [0.29, 0.717) is 18.0 Å². The number of aromatic nitrogens is 1. The van der Waals surface area contributed by atoms with Gasteiger partial charge in [-0.15, -0.1) is 12.4 Å². The van der Waals surface area contributed by atoms with Gasteiger partial charge in [-0.3, -0.25) is 9.88 Å². The van der Waals surface area contributed by atoms with Crippen LogP contribution in [0.2, 0.25) is 0 Å². The molecule has 1 fully saturated rings. The van der Waals surface area contributed by atoms with Gasteiger partial charge in [-0.25, -0.2) is 8.78 Å². The maximum absolute atomic E-state index is 13.9. The van der Waals surface area contributed by atoms with Crippen LogP contribution < -0.4 is 4.74 Å². The maximum Gasteiger partial charge on any atom is 0.127 e. The van der Waals surface area contributed by atoms with Crippen molar-refractivity contribution in [1.82, 2.24) is 9.88 Å². The predicted molar refractivity (Wildman–Crippen MR) is 114 cm³/mol. The number of rotatable bonds is 4. The molecule has 0 radical (unpaired) electrons. The smallest absolute Gasteiger partial charge is 0.127 e. The Bertz CT molecular complexity index is 1000. The van der Waals surface area contributed by atoms with Crippen LogP contribution in [-0.4, -0.2) is 30.1 Å². The van der Waals surface area contributed by atoms with E-state index in [1.54, 1.807) is 7.11 Å². The van der Waals surface area contributed by atoms with Crippen LogP contribution in [0.4, 0.5) is 8.78 Å². The van der Waals surface area contributed by atoms with Gasteiger partial charge in [-0.1, -0.05) is 0 Å². The van der Waals surface area contributed by atoms with Crippen LogP contribution in [0.5, 0.6) is 5.75 Å². The molecule has 1 aliphatic rings. The van der Waals surface area contributed by atoms with Gasteiger partial charge in [-0.05, 0) is 80.2 Å². The summed E-state index contributed by atoms with van der Waals surface area (Å²) in [4.78, 5) is 6.88. The average molecular weight is 419 g/mol. The van der Waals surface area contributed by atoms with Gasteiger partial charge in [0.1, 0.15) is 17.4 Å². The van der Waals surface area contributed by atoms with Crippen molar-refractivity contribution in [3.05, 3.63) is 71.1 Å². The number of halogens is 3. The fourth-order valence-corrected chi connectivity index (χ4v) is 4.10. The third-order valence-corrected chi connectivity index (χ3v) is 5.77. The first-order chi connectivity index (χ1) is 13.5. The summed E-state index contributed by atoms with van der Waals surface area (Å²) in [5, 5.41) is 2.29. The highest BCUT2D eigenvalue weighted by Crippen LogP contribution is 2.32. The average Bonchev–Trinajstić information content (AvgIpc) is 2.71. The molecule has 0 saturated carbocycles. The lowest BCUT2D eigenvalue weighted by molar-refractivity contribution is 0.201. The van der Waals surface area contributed by atoms with E-state index in [0.717, 1.165) is 54.4 Å². The topological polar surface area (TPSA) is 25.4 Å². The van der Waals surface area contributed by atoms with Gasteiger partial charge in [0.25, 0.3) is 0 Å². The number of fused-ring (bicyclic) bond motifs is 1. The molecule has 0 spiro atoms. The van der Waals surface area contributed by atoms with Gasteiger partial charge in [0.2, 0.25) is 0 Å². The third kappa shape index (κ3) is 4.51. The predicted octanol–water partition coefficient (Wildman–Crippen LogP) is 5.63. The molecule has 6 heteroatoms. The Balaban J connectivity index is 0.00000240. The van der Waals surface area contributed by atoms with E-state index in [9.17, 15) is 8.78 Å². The molecule has 2 aromatic carbocycles. The van der Waals surface area contributed by atoms with Crippen molar-refractivity contribution >= 4 is 23.2 Å². The molecule has 0 bridgehead atoms. The lowest BCUT2D eigenvalue weighted by Crippen LogP contribution is -2.33. The van der Waals surface area contributed by atoms with E-state index in [-0.39, 0.29) is 18.2 Å². The zero-order chi connectivity index (χ0) is 19.7. The highest BCUT2D eigenvalue weighted by molar-refractivity contribution is 5.87. The molecule has 0 atom stereocenters. The molecule has 0 aliphatic carbocycles. The molecule has 1 saturated heterocycles. The molecule has 1 aromatic heterocycles. The number of ether oxygens (including phenoxy) is 1. The number of hydrogen-bond donors (Lipinski definition) is 0. The fourth-order valence-electron chi connectivity index (χ4n) is 4.10. The van der Waals surface area contributed by atoms with Gasteiger partial charge in [0.15, 0.2) is 0 Å². The summed E-state index contributed by atoms with van der Waals surface area (Å²) in [5.41, 5.74) is 2.65. The molecule has 2 heterocycles. The van der Waals surface area contributed by atoms with Gasteiger partial charge in [0.05, 0.1) is 7.11 Å². The van der Waals surface area contributed by atoms with Crippen molar-refractivity contribution < 1.29 is 13.5 Å². The SMILES string of the molecule is COc1ccc2cnc(C3CCN(Cc4cc(F)ccc4F)CC3)cc2c1C.Cl. The molecule has 4 rings (SSSR count).